The van der Waals surface area contributed by atoms with E-state index in [4.69, 9.17) is 5.73 Å². The Morgan fingerprint density at radius 3 is 2.41 bits per heavy atom. The van der Waals surface area contributed by atoms with Crippen LogP contribution < -0.4 is 16.4 Å². The summed E-state index contributed by atoms with van der Waals surface area (Å²) in [4.78, 5) is 11.7. The number of rotatable bonds is 4. The van der Waals surface area contributed by atoms with Crippen LogP contribution in [-0.2, 0) is 5.54 Å². The Labute approximate surface area is 103 Å². The predicted molar refractivity (Wildman–Crippen MR) is 69.7 cm³/mol. The highest BCUT2D eigenvalue weighted by Gasteiger charge is 2.26. The fourth-order valence-corrected chi connectivity index (χ4v) is 1.60. The summed E-state index contributed by atoms with van der Waals surface area (Å²) >= 11 is 0. The number of benzene rings is 1. The SMILES string of the molecule is CC(C)NC(=O)NC(C)(CN)c1ccccc1. The number of nitrogens with one attached hydrogen (secondary N) is 2. The minimum absolute atomic E-state index is 0.104. The molecule has 0 fully saturated rings. The van der Waals surface area contributed by atoms with E-state index in [2.05, 4.69) is 10.6 Å². The fraction of sp³-hybridized carbons (Fsp3) is 0.462. The minimum atomic E-state index is -0.541. The third-order valence-electron chi connectivity index (χ3n) is 2.63. The molecule has 0 saturated carbocycles. The van der Waals surface area contributed by atoms with Crippen molar-refractivity contribution in [2.24, 2.45) is 5.73 Å². The number of nitrogens with two attached hydrogens (primary N) is 1. The summed E-state index contributed by atoms with van der Waals surface area (Å²) in [5, 5.41) is 5.71. The summed E-state index contributed by atoms with van der Waals surface area (Å²) in [6.45, 7) is 6.11. The Bertz CT molecular complexity index is 364. The Morgan fingerprint density at radius 1 is 1.35 bits per heavy atom. The van der Waals surface area contributed by atoms with Gasteiger partial charge in [0.15, 0.2) is 0 Å². The molecule has 4 N–H and O–H groups in total. The van der Waals surface area contributed by atoms with Crippen LogP contribution in [0.25, 0.3) is 0 Å². The van der Waals surface area contributed by atoms with Gasteiger partial charge in [0.05, 0.1) is 5.54 Å². The smallest absolute Gasteiger partial charge is 0.315 e. The van der Waals surface area contributed by atoms with Crippen LogP contribution in [0.5, 0.6) is 0 Å². The average molecular weight is 235 g/mol. The van der Waals surface area contributed by atoms with Crippen molar-refractivity contribution in [3.05, 3.63) is 35.9 Å². The Morgan fingerprint density at radius 2 is 1.94 bits per heavy atom. The first-order chi connectivity index (χ1) is 7.98. The quantitative estimate of drug-likeness (QED) is 0.741. The highest BCUT2D eigenvalue weighted by molar-refractivity contribution is 5.75. The molecule has 0 aliphatic rings. The molecule has 4 heteroatoms. The lowest BCUT2D eigenvalue weighted by molar-refractivity contribution is 0.226. The van der Waals surface area contributed by atoms with Gasteiger partial charge >= 0.3 is 6.03 Å². The monoisotopic (exact) mass is 235 g/mol. The molecule has 0 spiro atoms. The van der Waals surface area contributed by atoms with E-state index >= 15 is 0 Å². The van der Waals surface area contributed by atoms with E-state index in [0.29, 0.717) is 6.54 Å². The Balaban J connectivity index is 2.79. The van der Waals surface area contributed by atoms with Gasteiger partial charge in [0.25, 0.3) is 0 Å². The van der Waals surface area contributed by atoms with Crippen molar-refractivity contribution >= 4 is 6.03 Å². The zero-order valence-electron chi connectivity index (χ0n) is 10.7. The van der Waals surface area contributed by atoms with E-state index in [1.54, 1.807) is 0 Å². The largest absolute Gasteiger partial charge is 0.336 e. The minimum Gasteiger partial charge on any atom is -0.336 e. The summed E-state index contributed by atoms with van der Waals surface area (Å²) in [6.07, 6.45) is 0. The van der Waals surface area contributed by atoms with Gasteiger partial charge in [0, 0.05) is 12.6 Å². The van der Waals surface area contributed by atoms with Gasteiger partial charge in [-0.2, -0.15) is 0 Å². The number of hydrogen-bond acceptors (Lipinski definition) is 2. The normalized spacial score (nSPS) is 14.2. The van der Waals surface area contributed by atoms with E-state index < -0.39 is 5.54 Å². The first kappa shape index (κ1) is 13.5. The first-order valence-electron chi connectivity index (χ1n) is 5.82. The van der Waals surface area contributed by atoms with E-state index in [9.17, 15) is 4.79 Å². The van der Waals surface area contributed by atoms with Gasteiger partial charge < -0.3 is 16.4 Å². The molecule has 0 aliphatic heterocycles. The van der Waals surface area contributed by atoms with Crippen LogP contribution in [0.2, 0.25) is 0 Å². The lowest BCUT2D eigenvalue weighted by Gasteiger charge is -2.30. The highest BCUT2D eigenvalue weighted by Crippen LogP contribution is 2.18. The molecule has 1 atom stereocenters. The third-order valence-corrected chi connectivity index (χ3v) is 2.63. The standard InChI is InChI=1S/C13H21N3O/c1-10(2)15-12(17)16-13(3,9-14)11-7-5-4-6-8-11/h4-8,10H,9,14H2,1-3H3,(H2,15,16,17). The molecule has 1 aromatic rings. The molecule has 0 heterocycles. The van der Waals surface area contributed by atoms with Gasteiger partial charge in [-0.15, -0.1) is 0 Å². The van der Waals surface area contributed by atoms with Crippen molar-refractivity contribution in [1.29, 1.82) is 0 Å². The summed E-state index contributed by atoms with van der Waals surface area (Å²) in [5.74, 6) is 0. The highest BCUT2D eigenvalue weighted by atomic mass is 16.2. The molecule has 2 amide bonds. The van der Waals surface area contributed by atoms with Crippen molar-refractivity contribution in [3.63, 3.8) is 0 Å². The van der Waals surface area contributed by atoms with Crippen LogP contribution in [0.1, 0.15) is 26.3 Å². The van der Waals surface area contributed by atoms with Crippen molar-refractivity contribution in [2.45, 2.75) is 32.4 Å². The van der Waals surface area contributed by atoms with Gasteiger partial charge in [0.1, 0.15) is 0 Å². The predicted octanol–water partition coefficient (Wildman–Crippen LogP) is 1.57. The van der Waals surface area contributed by atoms with Gasteiger partial charge in [-0.1, -0.05) is 30.3 Å². The van der Waals surface area contributed by atoms with Gasteiger partial charge in [0.2, 0.25) is 0 Å². The van der Waals surface area contributed by atoms with Crippen LogP contribution in [0.4, 0.5) is 4.79 Å². The molecular weight excluding hydrogens is 214 g/mol. The molecule has 17 heavy (non-hydrogen) atoms. The summed E-state index contributed by atoms with van der Waals surface area (Å²) in [5.41, 5.74) is 6.24. The van der Waals surface area contributed by atoms with Crippen LogP contribution in [0.3, 0.4) is 0 Å². The average Bonchev–Trinajstić information content (AvgIpc) is 2.29. The first-order valence-corrected chi connectivity index (χ1v) is 5.82. The molecule has 4 nitrogen and oxygen atoms in total. The zero-order valence-corrected chi connectivity index (χ0v) is 10.7. The number of hydrogen-bond donors (Lipinski definition) is 3. The maximum Gasteiger partial charge on any atom is 0.315 e. The van der Waals surface area contributed by atoms with E-state index in [-0.39, 0.29) is 12.1 Å². The number of urea groups is 1. The van der Waals surface area contributed by atoms with E-state index in [0.717, 1.165) is 5.56 Å². The Kier molecular flexibility index (Phi) is 4.52. The van der Waals surface area contributed by atoms with E-state index in [1.165, 1.54) is 0 Å². The molecule has 94 valence electrons. The zero-order chi connectivity index (χ0) is 12.9. The molecule has 0 aromatic heterocycles. The van der Waals surface area contributed by atoms with Crippen LogP contribution in [0.15, 0.2) is 30.3 Å². The summed E-state index contributed by atoms with van der Waals surface area (Å²) in [6, 6.07) is 9.64. The van der Waals surface area contributed by atoms with E-state index in [1.807, 2.05) is 51.1 Å². The number of carbonyl (C=O) groups excluding carboxylic acids is 1. The topological polar surface area (TPSA) is 67.2 Å². The number of carbonyl (C=O) groups is 1. The second-order valence-corrected chi connectivity index (χ2v) is 4.66. The molecular formula is C13H21N3O. The Hall–Kier alpha value is -1.55. The lowest BCUT2D eigenvalue weighted by atomic mass is 9.92. The van der Waals surface area contributed by atoms with Crippen molar-refractivity contribution in [2.75, 3.05) is 6.54 Å². The molecule has 1 unspecified atom stereocenters. The number of amides is 2. The van der Waals surface area contributed by atoms with Crippen LogP contribution in [-0.4, -0.2) is 18.6 Å². The second kappa shape index (κ2) is 5.68. The van der Waals surface area contributed by atoms with Crippen molar-refractivity contribution in [1.82, 2.24) is 10.6 Å². The molecule has 1 aromatic carbocycles. The third kappa shape index (κ3) is 3.75. The van der Waals surface area contributed by atoms with Crippen LogP contribution in [0, 0.1) is 0 Å². The molecule has 0 radical (unpaired) electrons. The van der Waals surface area contributed by atoms with Crippen molar-refractivity contribution < 1.29 is 4.79 Å². The fourth-order valence-electron chi connectivity index (χ4n) is 1.60. The molecule has 0 aliphatic carbocycles. The van der Waals surface area contributed by atoms with Gasteiger partial charge in [-0.3, -0.25) is 0 Å². The van der Waals surface area contributed by atoms with Crippen molar-refractivity contribution in [3.8, 4) is 0 Å². The maximum atomic E-state index is 11.7. The molecule has 0 bridgehead atoms. The molecule has 0 saturated heterocycles. The second-order valence-electron chi connectivity index (χ2n) is 4.66. The van der Waals surface area contributed by atoms with Gasteiger partial charge in [-0.25, -0.2) is 4.79 Å². The maximum absolute atomic E-state index is 11.7. The summed E-state index contributed by atoms with van der Waals surface area (Å²) in [7, 11) is 0. The molecule has 1 rings (SSSR count). The van der Waals surface area contributed by atoms with Gasteiger partial charge in [-0.05, 0) is 26.3 Å². The summed E-state index contributed by atoms with van der Waals surface area (Å²) < 4.78 is 0. The van der Waals surface area contributed by atoms with Crippen LogP contribution >= 0.6 is 0 Å². The lowest BCUT2D eigenvalue weighted by Crippen LogP contribution is -2.53.